The van der Waals surface area contributed by atoms with Gasteiger partial charge in [-0.05, 0) is 32.2 Å². The van der Waals surface area contributed by atoms with Crippen molar-refractivity contribution < 1.29 is 4.79 Å². The number of nitrogens with one attached hydrogen (secondary N) is 2. The van der Waals surface area contributed by atoms with Crippen LogP contribution in [0.15, 0.2) is 0 Å². The predicted octanol–water partition coefficient (Wildman–Crippen LogP) is 2.32. The lowest BCUT2D eigenvalue weighted by Gasteiger charge is -2.14. The summed E-state index contributed by atoms with van der Waals surface area (Å²) in [7, 11) is 1.68. The molecule has 0 aliphatic rings. The van der Waals surface area contributed by atoms with E-state index in [2.05, 4.69) is 31.4 Å². The predicted molar refractivity (Wildman–Crippen MR) is 69.5 cm³/mol. The van der Waals surface area contributed by atoms with Crippen molar-refractivity contribution in [3.63, 3.8) is 0 Å². The normalized spacial score (nSPS) is 12.8. The molecule has 0 aliphatic heterocycles. The standard InChI is InChI=1S/C13H28N2O/c1-11(2)7-5-8-12(3)15-10-6-9-13(16)14-4/h11-12,15H,5-10H2,1-4H3,(H,14,16). The van der Waals surface area contributed by atoms with Gasteiger partial charge in [0.15, 0.2) is 0 Å². The highest BCUT2D eigenvalue weighted by Crippen LogP contribution is 2.08. The number of hydrogen-bond acceptors (Lipinski definition) is 2. The molecule has 0 aromatic heterocycles. The van der Waals surface area contributed by atoms with Crippen molar-refractivity contribution in [3.05, 3.63) is 0 Å². The molecular formula is C13H28N2O. The molecule has 16 heavy (non-hydrogen) atoms. The lowest BCUT2D eigenvalue weighted by molar-refractivity contribution is -0.120. The smallest absolute Gasteiger partial charge is 0.219 e. The number of carbonyl (C=O) groups is 1. The molecule has 1 atom stereocenters. The van der Waals surface area contributed by atoms with Crippen molar-refractivity contribution in [1.82, 2.24) is 10.6 Å². The second kappa shape index (κ2) is 9.64. The molecule has 0 aliphatic carbocycles. The van der Waals surface area contributed by atoms with Gasteiger partial charge in [-0.25, -0.2) is 0 Å². The Labute approximate surface area is 100 Å². The van der Waals surface area contributed by atoms with Crippen LogP contribution < -0.4 is 10.6 Å². The molecule has 0 radical (unpaired) electrons. The molecule has 3 heteroatoms. The number of rotatable bonds is 9. The van der Waals surface area contributed by atoms with E-state index < -0.39 is 0 Å². The van der Waals surface area contributed by atoms with Crippen molar-refractivity contribution in [1.29, 1.82) is 0 Å². The third-order valence-corrected chi connectivity index (χ3v) is 2.77. The van der Waals surface area contributed by atoms with Crippen molar-refractivity contribution in [2.45, 2.75) is 58.9 Å². The fraction of sp³-hybridized carbons (Fsp3) is 0.923. The first kappa shape index (κ1) is 15.4. The van der Waals surface area contributed by atoms with Crippen LogP contribution in [-0.4, -0.2) is 25.5 Å². The maximum Gasteiger partial charge on any atom is 0.219 e. The quantitative estimate of drug-likeness (QED) is 0.595. The van der Waals surface area contributed by atoms with E-state index in [-0.39, 0.29) is 5.91 Å². The number of hydrogen-bond donors (Lipinski definition) is 2. The minimum absolute atomic E-state index is 0.134. The lowest BCUT2D eigenvalue weighted by Crippen LogP contribution is -2.28. The second-order valence-corrected chi connectivity index (χ2v) is 4.96. The number of amides is 1. The summed E-state index contributed by atoms with van der Waals surface area (Å²) in [5, 5.41) is 6.09. The maximum absolute atomic E-state index is 11.0. The van der Waals surface area contributed by atoms with Crippen LogP contribution in [0.5, 0.6) is 0 Å². The molecule has 0 aromatic carbocycles. The zero-order valence-electron chi connectivity index (χ0n) is 11.3. The SMILES string of the molecule is CNC(=O)CCCNC(C)CCCC(C)C. The first-order valence-corrected chi connectivity index (χ1v) is 6.50. The average molecular weight is 228 g/mol. The molecular weight excluding hydrogens is 200 g/mol. The summed E-state index contributed by atoms with van der Waals surface area (Å²) in [6.07, 6.45) is 5.39. The Morgan fingerprint density at radius 2 is 1.81 bits per heavy atom. The van der Waals surface area contributed by atoms with Crippen molar-refractivity contribution in [2.75, 3.05) is 13.6 Å². The molecule has 0 saturated heterocycles. The van der Waals surface area contributed by atoms with Crippen LogP contribution in [0.1, 0.15) is 52.9 Å². The van der Waals surface area contributed by atoms with E-state index in [1.165, 1.54) is 19.3 Å². The fourth-order valence-corrected chi connectivity index (χ4v) is 1.66. The van der Waals surface area contributed by atoms with Gasteiger partial charge in [-0.2, -0.15) is 0 Å². The first-order chi connectivity index (χ1) is 7.56. The van der Waals surface area contributed by atoms with Crippen LogP contribution in [0.4, 0.5) is 0 Å². The van der Waals surface area contributed by atoms with Crippen LogP contribution in [-0.2, 0) is 4.79 Å². The van der Waals surface area contributed by atoms with Crippen molar-refractivity contribution in [2.24, 2.45) is 5.92 Å². The van der Waals surface area contributed by atoms with E-state index in [0.717, 1.165) is 18.9 Å². The molecule has 0 rings (SSSR count). The molecule has 1 unspecified atom stereocenters. The van der Waals surface area contributed by atoms with Crippen LogP contribution in [0.3, 0.4) is 0 Å². The highest BCUT2D eigenvalue weighted by Gasteiger charge is 2.03. The Bertz CT molecular complexity index is 181. The monoisotopic (exact) mass is 228 g/mol. The van der Waals surface area contributed by atoms with Gasteiger partial charge in [-0.3, -0.25) is 4.79 Å². The van der Waals surface area contributed by atoms with Crippen LogP contribution >= 0.6 is 0 Å². The van der Waals surface area contributed by atoms with Gasteiger partial charge in [-0.15, -0.1) is 0 Å². The molecule has 3 nitrogen and oxygen atoms in total. The van der Waals surface area contributed by atoms with E-state index >= 15 is 0 Å². The Hall–Kier alpha value is -0.570. The summed E-state index contributed by atoms with van der Waals surface area (Å²) in [5.41, 5.74) is 0. The first-order valence-electron chi connectivity index (χ1n) is 6.50. The minimum atomic E-state index is 0.134. The van der Waals surface area contributed by atoms with E-state index in [1.807, 2.05) is 0 Å². The summed E-state index contributed by atoms with van der Waals surface area (Å²) >= 11 is 0. The Kier molecular flexibility index (Phi) is 9.30. The zero-order valence-corrected chi connectivity index (χ0v) is 11.3. The summed E-state index contributed by atoms with van der Waals surface area (Å²) in [6.45, 7) is 7.69. The molecule has 0 aromatic rings. The van der Waals surface area contributed by atoms with Gasteiger partial charge in [0.05, 0.1) is 0 Å². The van der Waals surface area contributed by atoms with Gasteiger partial charge < -0.3 is 10.6 Å². The molecule has 1 amide bonds. The van der Waals surface area contributed by atoms with Gasteiger partial charge >= 0.3 is 0 Å². The van der Waals surface area contributed by atoms with Gasteiger partial charge in [0.2, 0.25) is 5.91 Å². The van der Waals surface area contributed by atoms with Crippen molar-refractivity contribution in [3.8, 4) is 0 Å². The Balaban J connectivity index is 3.30. The summed E-state index contributed by atoms with van der Waals surface area (Å²) in [5.74, 6) is 0.940. The van der Waals surface area contributed by atoms with Gasteiger partial charge in [0.1, 0.15) is 0 Å². The lowest BCUT2D eigenvalue weighted by atomic mass is 10.0. The fourth-order valence-electron chi connectivity index (χ4n) is 1.66. The zero-order chi connectivity index (χ0) is 12.4. The van der Waals surface area contributed by atoms with Gasteiger partial charge in [0.25, 0.3) is 0 Å². The molecule has 96 valence electrons. The van der Waals surface area contributed by atoms with Crippen LogP contribution in [0.2, 0.25) is 0 Å². The van der Waals surface area contributed by atoms with Gasteiger partial charge in [-0.1, -0.05) is 26.7 Å². The molecule has 0 spiro atoms. The molecule has 0 fully saturated rings. The molecule has 2 N–H and O–H groups in total. The van der Waals surface area contributed by atoms with E-state index in [9.17, 15) is 4.79 Å². The summed E-state index contributed by atoms with van der Waals surface area (Å²) < 4.78 is 0. The largest absolute Gasteiger partial charge is 0.359 e. The van der Waals surface area contributed by atoms with E-state index in [4.69, 9.17) is 0 Å². The third-order valence-electron chi connectivity index (χ3n) is 2.77. The Morgan fingerprint density at radius 1 is 1.12 bits per heavy atom. The van der Waals surface area contributed by atoms with Crippen LogP contribution in [0, 0.1) is 5.92 Å². The van der Waals surface area contributed by atoms with E-state index in [0.29, 0.717) is 12.5 Å². The van der Waals surface area contributed by atoms with Gasteiger partial charge in [0, 0.05) is 19.5 Å². The highest BCUT2D eigenvalue weighted by atomic mass is 16.1. The maximum atomic E-state index is 11.0. The van der Waals surface area contributed by atoms with E-state index in [1.54, 1.807) is 7.05 Å². The number of carbonyl (C=O) groups excluding carboxylic acids is 1. The minimum Gasteiger partial charge on any atom is -0.359 e. The second-order valence-electron chi connectivity index (χ2n) is 4.96. The average Bonchev–Trinajstić information content (AvgIpc) is 2.23. The van der Waals surface area contributed by atoms with Crippen LogP contribution in [0.25, 0.3) is 0 Å². The molecule has 0 saturated carbocycles. The molecule has 0 heterocycles. The molecule has 0 bridgehead atoms. The third kappa shape index (κ3) is 9.97. The van der Waals surface area contributed by atoms with Crippen molar-refractivity contribution >= 4 is 5.91 Å². The summed E-state index contributed by atoms with van der Waals surface area (Å²) in [4.78, 5) is 11.0. The Morgan fingerprint density at radius 3 is 2.38 bits per heavy atom. The summed E-state index contributed by atoms with van der Waals surface area (Å²) in [6, 6.07) is 0.573. The topological polar surface area (TPSA) is 41.1 Å². The highest BCUT2D eigenvalue weighted by molar-refractivity contribution is 5.75.